The van der Waals surface area contributed by atoms with Crippen LogP contribution in [0.25, 0.3) is 0 Å². The fraction of sp³-hybridized carbons (Fsp3) is 0.286. The summed E-state index contributed by atoms with van der Waals surface area (Å²) in [6.07, 6.45) is 0.392. The Morgan fingerprint density at radius 2 is 1.29 bits per heavy atom. The van der Waals surface area contributed by atoms with E-state index in [4.69, 9.17) is 4.74 Å². The van der Waals surface area contributed by atoms with Gasteiger partial charge in [0, 0.05) is 32.6 Å². The third-order valence-corrected chi connectivity index (χ3v) is 6.26. The van der Waals surface area contributed by atoms with Gasteiger partial charge >= 0.3 is 12.0 Å². The maximum atomic E-state index is 13.0. The standard InChI is InChI=1S/C28H31N3O3/c1-34-27(32)25(21-22-11-5-2-6-12-22)29-28(33)31-19-17-30(18-20-31)26(23-13-7-3-8-14-23)24-15-9-4-10-16-24/h2-16,25-26H,17-21H2,1H3,(H,29,33). The Labute approximate surface area is 201 Å². The zero-order chi connectivity index (χ0) is 23.8. The predicted octanol–water partition coefficient (Wildman–Crippen LogP) is 3.89. The Hall–Kier alpha value is -3.64. The predicted molar refractivity (Wildman–Crippen MR) is 132 cm³/mol. The van der Waals surface area contributed by atoms with Gasteiger partial charge in [-0.15, -0.1) is 0 Å². The van der Waals surface area contributed by atoms with Gasteiger partial charge in [0.1, 0.15) is 6.04 Å². The van der Waals surface area contributed by atoms with Crippen LogP contribution in [0.1, 0.15) is 22.7 Å². The van der Waals surface area contributed by atoms with Crippen LogP contribution in [-0.4, -0.2) is 61.1 Å². The molecule has 1 N–H and O–H groups in total. The number of nitrogens with zero attached hydrogens (tertiary/aromatic N) is 2. The first-order valence-corrected chi connectivity index (χ1v) is 11.7. The first kappa shape index (κ1) is 23.5. The van der Waals surface area contributed by atoms with Crippen LogP contribution in [0.15, 0.2) is 91.0 Å². The van der Waals surface area contributed by atoms with E-state index >= 15 is 0 Å². The molecule has 2 amide bonds. The maximum absolute atomic E-state index is 13.0. The van der Waals surface area contributed by atoms with E-state index in [0.29, 0.717) is 19.5 Å². The third-order valence-electron chi connectivity index (χ3n) is 6.26. The van der Waals surface area contributed by atoms with Crippen molar-refractivity contribution in [3.05, 3.63) is 108 Å². The molecule has 6 heteroatoms. The molecule has 1 atom stereocenters. The Morgan fingerprint density at radius 1 is 0.794 bits per heavy atom. The second kappa shape index (κ2) is 11.5. The van der Waals surface area contributed by atoms with Crippen molar-refractivity contribution in [2.45, 2.75) is 18.5 Å². The topological polar surface area (TPSA) is 61.9 Å². The van der Waals surface area contributed by atoms with Gasteiger partial charge in [0.25, 0.3) is 0 Å². The van der Waals surface area contributed by atoms with E-state index in [1.165, 1.54) is 18.2 Å². The highest BCUT2D eigenvalue weighted by atomic mass is 16.5. The van der Waals surface area contributed by atoms with Crippen LogP contribution in [0.3, 0.4) is 0 Å². The Morgan fingerprint density at radius 3 is 1.79 bits per heavy atom. The first-order chi connectivity index (χ1) is 16.7. The summed E-state index contributed by atoms with van der Waals surface area (Å²) in [5.74, 6) is -0.441. The third kappa shape index (κ3) is 5.83. The van der Waals surface area contributed by atoms with E-state index in [9.17, 15) is 9.59 Å². The number of ether oxygens (including phenoxy) is 1. The fourth-order valence-electron chi connectivity index (χ4n) is 4.49. The number of benzene rings is 3. The maximum Gasteiger partial charge on any atom is 0.328 e. The van der Waals surface area contributed by atoms with Crippen LogP contribution in [0.2, 0.25) is 0 Å². The van der Waals surface area contributed by atoms with Crippen LogP contribution < -0.4 is 5.32 Å². The van der Waals surface area contributed by atoms with E-state index in [1.54, 1.807) is 4.90 Å². The van der Waals surface area contributed by atoms with E-state index in [1.807, 2.05) is 42.5 Å². The molecule has 3 aromatic rings. The van der Waals surface area contributed by atoms with Crippen molar-refractivity contribution in [3.63, 3.8) is 0 Å². The van der Waals surface area contributed by atoms with Crippen molar-refractivity contribution in [3.8, 4) is 0 Å². The quantitative estimate of drug-likeness (QED) is 0.547. The Kier molecular flexibility index (Phi) is 7.94. The zero-order valence-electron chi connectivity index (χ0n) is 19.5. The monoisotopic (exact) mass is 457 g/mol. The number of esters is 1. The van der Waals surface area contributed by atoms with Crippen LogP contribution in [0.5, 0.6) is 0 Å². The van der Waals surface area contributed by atoms with Gasteiger partial charge in [-0.2, -0.15) is 0 Å². The molecule has 0 spiro atoms. The highest BCUT2D eigenvalue weighted by Crippen LogP contribution is 2.29. The summed E-state index contributed by atoms with van der Waals surface area (Å²) < 4.78 is 4.94. The van der Waals surface area contributed by atoms with Gasteiger partial charge in [-0.3, -0.25) is 4.90 Å². The number of amides is 2. The number of urea groups is 1. The minimum atomic E-state index is -0.723. The molecule has 1 unspecified atom stereocenters. The smallest absolute Gasteiger partial charge is 0.328 e. The van der Waals surface area contributed by atoms with Crippen molar-refractivity contribution in [2.24, 2.45) is 0 Å². The molecule has 0 bridgehead atoms. The van der Waals surface area contributed by atoms with Crippen LogP contribution >= 0.6 is 0 Å². The highest BCUT2D eigenvalue weighted by molar-refractivity contribution is 5.84. The lowest BCUT2D eigenvalue weighted by molar-refractivity contribution is -0.142. The molecule has 1 aliphatic heterocycles. The molecule has 1 heterocycles. The lowest BCUT2D eigenvalue weighted by atomic mass is 9.96. The number of rotatable bonds is 7. The fourth-order valence-corrected chi connectivity index (χ4v) is 4.49. The van der Waals surface area contributed by atoms with E-state index in [2.05, 4.69) is 58.7 Å². The zero-order valence-corrected chi connectivity index (χ0v) is 19.5. The summed E-state index contributed by atoms with van der Waals surface area (Å²) >= 11 is 0. The minimum Gasteiger partial charge on any atom is -0.467 e. The van der Waals surface area contributed by atoms with Crippen LogP contribution in [0, 0.1) is 0 Å². The van der Waals surface area contributed by atoms with Gasteiger partial charge < -0.3 is 15.0 Å². The van der Waals surface area contributed by atoms with E-state index in [-0.39, 0.29) is 12.1 Å². The molecular weight excluding hydrogens is 426 g/mol. The lowest BCUT2D eigenvalue weighted by Crippen LogP contribution is -2.55. The Balaban J connectivity index is 1.41. The van der Waals surface area contributed by atoms with Gasteiger partial charge in [-0.25, -0.2) is 9.59 Å². The number of piperazine rings is 1. The number of nitrogens with one attached hydrogen (secondary N) is 1. The van der Waals surface area contributed by atoms with Gasteiger partial charge in [-0.05, 0) is 16.7 Å². The van der Waals surface area contributed by atoms with Crippen molar-refractivity contribution in [2.75, 3.05) is 33.3 Å². The van der Waals surface area contributed by atoms with E-state index < -0.39 is 12.0 Å². The van der Waals surface area contributed by atoms with Gasteiger partial charge in [-0.1, -0.05) is 91.0 Å². The molecule has 1 saturated heterocycles. The summed E-state index contributed by atoms with van der Waals surface area (Å²) in [4.78, 5) is 29.5. The molecule has 1 aliphatic rings. The number of methoxy groups -OCH3 is 1. The molecule has 0 saturated carbocycles. The normalized spacial score (nSPS) is 15.1. The van der Waals surface area contributed by atoms with Gasteiger partial charge in [0.05, 0.1) is 13.2 Å². The molecule has 4 rings (SSSR count). The van der Waals surface area contributed by atoms with Gasteiger partial charge in [0.2, 0.25) is 0 Å². The SMILES string of the molecule is COC(=O)C(Cc1ccccc1)NC(=O)N1CCN(C(c2ccccc2)c2ccccc2)CC1. The van der Waals surface area contributed by atoms with Crippen LogP contribution in [-0.2, 0) is 16.0 Å². The van der Waals surface area contributed by atoms with Crippen molar-refractivity contribution in [1.82, 2.24) is 15.1 Å². The van der Waals surface area contributed by atoms with Crippen molar-refractivity contribution in [1.29, 1.82) is 0 Å². The Bertz CT molecular complexity index is 1010. The number of hydrogen-bond acceptors (Lipinski definition) is 4. The molecule has 0 aromatic heterocycles. The van der Waals surface area contributed by atoms with Crippen molar-refractivity contribution >= 4 is 12.0 Å². The van der Waals surface area contributed by atoms with Crippen molar-refractivity contribution < 1.29 is 14.3 Å². The number of hydrogen-bond donors (Lipinski definition) is 1. The molecule has 176 valence electrons. The molecule has 34 heavy (non-hydrogen) atoms. The summed E-state index contributed by atoms with van der Waals surface area (Å²) in [5, 5.41) is 2.89. The second-order valence-electron chi connectivity index (χ2n) is 8.46. The summed E-state index contributed by atoms with van der Waals surface area (Å²) in [6, 6.07) is 29.7. The average molecular weight is 458 g/mol. The lowest BCUT2D eigenvalue weighted by Gasteiger charge is -2.40. The molecule has 3 aromatic carbocycles. The largest absolute Gasteiger partial charge is 0.467 e. The summed E-state index contributed by atoms with van der Waals surface area (Å²) in [7, 11) is 1.35. The van der Waals surface area contributed by atoms with Gasteiger partial charge in [0.15, 0.2) is 0 Å². The second-order valence-corrected chi connectivity index (χ2v) is 8.46. The molecule has 0 aliphatic carbocycles. The van der Waals surface area contributed by atoms with Crippen LogP contribution in [0.4, 0.5) is 4.79 Å². The molecule has 1 fully saturated rings. The minimum absolute atomic E-state index is 0.133. The molecule has 0 radical (unpaired) electrons. The van der Waals surface area contributed by atoms with E-state index in [0.717, 1.165) is 18.7 Å². The number of carbonyl (C=O) groups is 2. The first-order valence-electron chi connectivity index (χ1n) is 11.7. The number of carbonyl (C=O) groups excluding carboxylic acids is 2. The summed E-state index contributed by atoms with van der Waals surface area (Å²) in [5.41, 5.74) is 3.44. The highest BCUT2D eigenvalue weighted by Gasteiger charge is 2.30. The average Bonchev–Trinajstić information content (AvgIpc) is 2.90. The summed E-state index contributed by atoms with van der Waals surface area (Å²) in [6.45, 7) is 2.65. The molecule has 6 nitrogen and oxygen atoms in total. The molecular formula is C28H31N3O3.